The summed E-state index contributed by atoms with van der Waals surface area (Å²) >= 11 is 0. The molecule has 2 rings (SSSR count). The Bertz CT molecular complexity index is 439. The first kappa shape index (κ1) is 16.3. The Morgan fingerprint density at radius 1 is 1.29 bits per heavy atom. The Labute approximate surface area is 129 Å². The molecule has 0 saturated carbocycles. The van der Waals surface area contributed by atoms with E-state index in [1.807, 2.05) is 6.07 Å². The fraction of sp³-hybridized carbons (Fsp3) is 0.667. The molecule has 21 heavy (non-hydrogen) atoms. The van der Waals surface area contributed by atoms with E-state index in [0.717, 1.165) is 18.7 Å². The van der Waals surface area contributed by atoms with Gasteiger partial charge in [0.25, 0.3) is 0 Å². The van der Waals surface area contributed by atoms with Gasteiger partial charge in [-0.25, -0.2) is 0 Å². The summed E-state index contributed by atoms with van der Waals surface area (Å²) in [4.78, 5) is 2.62. The molecular formula is C18H30N2O. The van der Waals surface area contributed by atoms with Crippen LogP contribution in [0.1, 0.15) is 51.6 Å². The Hall–Kier alpha value is -1.06. The topological polar surface area (TPSA) is 24.5 Å². The monoisotopic (exact) mass is 290 g/mol. The van der Waals surface area contributed by atoms with Crippen LogP contribution in [0.15, 0.2) is 24.3 Å². The number of methoxy groups -OCH3 is 1. The van der Waals surface area contributed by atoms with Gasteiger partial charge in [0, 0.05) is 5.54 Å². The second-order valence-electron chi connectivity index (χ2n) is 6.51. The van der Waals surface area contributed by atoms with Gasteiger partial charge >= 0.3 is 0 Å². The zero-order chi connectivity index (χ0) is 15.3. The van der Waals surface area contributed by atoms with Gasteiger partial charge in [0.15, 0.2) is 0 Å². The normalized spacial score (nSPS) is 17.9. The van der Waals surface area contributed by atoms with E-state index in [9.17, 15) is 0 Å². The third-order valence-electron chi connectivity index (χ3n) is 4.65. The van der Waals surface area contributed by atoms with Gasteiger partial charge in [-0.05, 0) is 70.4 Å². The van der Waals surface area contributed by atoms with Crippen molar-refractivity contribution in [1.29, 1.82) is 0 Å². The molecule has 3 nitrogen and oxygen atoms in total. The molecule has 1 aromatic carbocycles. The van der Waals surface area contributed by atoms with Crippen molar-refractivity contribution < 1.29 is 4.74 Å². The Balaban J connectivity index is 2.27. The minimum atomic E-state index is 0.109. The maximum Gasteiger partial charge on any atom is 0.119 e. The van der Waals surface area contributed by atoms with Crippen molar-refractivity contribution in [2.75, 3.05) is 26.7 Å². The molecule has 3 heteroatoms. The molecule has 0 amide bonds. The molecule has 0 radical (unpaired) electrons. The van der Waals surface area contributed by atoms with Crippen LogP contribution in [0.25, 0.3) is 0 Å². The van der Waals surface area contributed by atoms with Crippen molar-refractivity contribution in [2.45, 2.75) is 51.6 Å². The van der Waals surface area contributed by atoms with Gasteiger partial charge in [0.2, 0.25) is 0 Å². The molecule has 1 heterocycles. The largest absolute Gasteiger partial charge is 0.497 e. The summed E-state index contributed by atoms with van der Waals surface area (Å²) < 4.78 is 5.41. The van der Waals surface area contributed by atoms with E-state index in [2.05, 4.69) is 49.2 Å². The zero-order valence-corrected chi connectivity index (χ0v) is 14.0. The van der Waals surface area contributed by atoms with Crippen LogP contribution < -0.4 is 10.1 Å². The first-order valence-electron chi connectivity index (χ1n) is 8.22. The molecule has 0 bridgehead atoms. The molecular weight excluding hydrogens is 260 g/mol. The molecule has 0 aromatic heterocycles. The molecule has 1 aliphatic rings. The van der Waals surface area contributed by atoms with Crippen LogP contribution in [0.5, 0.6) is 5.75 Å². The van der Waals surface area contributed by atoms with Crippen LogP contribution in [-0.4, -0.2) is 37.2 Å². The summed E-state index contributed by atoms with van der Waals surface area (Å²) in [5, 5.41) is 3.76. The average Bonchev–Trinajstić information content (AvgIpc) is 3.03. The molecule has 118 valence electrons. The number of rotatable bonds is 7. The highest BCUT2D eigenvalue weighted by Crippen LogP contribution is 2.34. The minimum absolute atomic E-state index is 0.109. The van der Waals surface area contributed by atoms with Crippen molar-refractivity contribution in [3.63, 3.8) is 0 Å². The molecule has 0 spiro atoms. The maximum absolute atomic E-state index is 5.41. The number of nitrogens with zero attached hydrogens (tertiary/aromatic N) is 1. The lowest BCUT2D eigenvalue weighted by molar-refractivity contribution is 0.107. The SMILES string of the molecule is CCCNC(c1cccc(OC)c1)C(C)(C)N1CCCC1. The van der Waals surface area contributed by atoms with Crippen LogP contribution in [0.3, 0.4) is 0 Å². The Kier molecular flexibility index (Phi) is 5.65. The van der Waals surface area contributed by atoms with Crippen molar-refractivity contribution in [3.05, 3.63) is 29.8 Å². The quantitative estimate of drug-likeness (QED) is 0.830. The fourth-order valence-corrected chi connectivity index (χ4v) is 3.36. The average molecular weight is 290 g/mol. The van der Waals surface area contributed by atoms with Gasteiger partial charge in [-0.1, -0.05) is 19.1 Å². The number of benzene rings is 1. The van der Waals surface area contributed by atoms with Gasteiger partial charge in [0.1, 0.15) is 5.75 Å². The van der Waals surface area contributed by atoms with Gasteiger partial charge in [-0.2, -0.15) is 0 Å². The second kappa shape index (κ2) is 7.28. The number of hydrogen-bond acceptors (Lipinski definition) is 3. The van der Waals surface area contributed by atoms with E-state index in [-0.39, 0.29) is 5.54 Å². The van der Waals surface area contributed by atoms with E-state index >= 15 is 0 Å². The number of likely N-dealkylation sites (tertiary alicyclic amines) is 1. The van der Waals surface area contributed by atoms with Crippen LogP contribution in [-0.2, 0) is 0 Å². The lowest BCUT2D eigenvalue weighted by atomic mass is 9.86. The molecule has 1 atom stereocenters. The van der Waals surface area contributed by atoms with Crippen molar-refractivity contribution in [1.82, 2.24) is 10.2 Å². The molecule has 1 fully saturated rings. The van der Waals surface area contributed by atoms with E-state index < -0.39 is 0 Å². The summed E-state index contributed by atoms with van der Waals surface area (Å²) in [7, 11) is 1.74. The molecule has 1 saturated heterocycles. The van der Waals surface area contributed by atoms with E-state index in [1.54, 1.807) is 7.11 Å². The van der Waals surface area contributed by atoms with Crippen LogP contribution in [0.4, 0.5) is 0 Å². The van der Waals surface area contributed by atoms with Crippen molar-refractivity contribution in [2.24, 2.45) is 0 Å². The van der Waals surface area contributed by atoms with E-state index in [0.29, 0.717) is 6.04 Å². The molecule has 1 unspecified atom stereocenters. The fourth-order valence-electron chi connectivity index (χ4n) is 3.36. The third-order valence-corrected chi connectivity index (χ3v) is 4.65. The van der Waals surface area contributed by atoms with Crippen LogP contribution in [0.2, 0.25) is 0 Å². The Morgan fingerprint density at radius 3 is 2.62 bits per heavy atom. The van der Waals surface area contributed by atoms with Crippen LogP contribution >= 0.6 is 0 Å². The maximum atomic E-state index is 5.41. The van der Waals surface area contributed by atoms with Crippen LogP contribution in [0, 0.1) is 0 Å². The highest BCUT2D eigenvalue weighted by Gasteiger charge is 2.37. The minimum Gasteiger partial charge on any atom is -0.497 e. The smallest absolute Gasteiger partial charge is 0.119 e. The summed E-state index contributed by atoms with van der Waals surface area (Å²) in [6.45, 7) is 10.4. The summed E-state index contributed by atoms with van der Waals surface area (Å²) in [6.07, 6.45) is 3.79. The van der Waals surface area contributed by atoms with Gasteiger partial charge in [0.05, 0.1) is 13.2 Å². The third kappa shape index (κ3) is 3.78. The number of ether oxygens (including phenoxy) is 1. The molecule has 1 N–H and O–H groups in total. The van der Waals surface area contributed by atoms with Crippen molar-refractivity contribution in [3.8, 4) is 5.75 Å². The zero-order valence-electron chi connectivity index (χ0n) is 14.0. The highest BCUT2D eigenvalue weighted by atomic mass is 16.5. The molecule has 1 aromatic rings. The van der Waals surface area contributed by atoms with E-state index in [1.165, 1.54) is 31.5 Å². The number of nitrogens with one attached hydrogen (secondary N) is 1. The van der Waals surface area contributed by atoms with Gasteiger partial charge in [-0.3, -0.25) is 4.90 Å². The number of hydrogen-bond donors (Lipinski definition) is 1. The first-order valence-corrected chi connectivity index (χ1v) is 8.22. The first-order chi connectivity index (χ1) is 10.1. The molecule has 0 aliphatic carbocycles. The van der Waals surface area contributed by atoms with Crippen molar-refractivity contribution >= 4 is 0 Å². The predicted molar refractivity (Wildman–Crippen MR) is 88.9 cm³/mol. The van der Waals surface area contributed by atoms with E-state index in [4.69, 9.17) is 4.74 Å². The molecule has 1 aliphatic heterocycles. The predicted octanol–water partition coefficient (Wildman–Crippen LogP) is 3.61. The summed E-state index contributed by atoms with van der Waals surface area (Å²) in [5.74, 6) is 0.938. The standard InChI is InChI=1S/C18H30N2O/c1-5-11-19-17(15-9-8-10-16(14-15)21-4)18(2,3)20-12-6-7-13-20/h8-10,14,17,19H,5-7,11-13H2,1-4H3. The summed E-state index contributed by atoms with van der Waals surface area (Å²) in [5.41, 5.74) is 1.43. The van der Waals surface area contributed by atoms with Gasteiger partial charge in [-0.15, -0.1) is 0 Å². The summed E-state index contributed by atoms with van der Waals surface area (Å²) in [6, 6.07) is 8.82. The second-order valence-corrected chi connectivity index (χ2v) is 6.51. The highest BCUT2D eigenvalue weighted by molar-refractivity contribution is 5.32. The lowest BCUT2D eigenvalue weighted by Crippen LogP contribution is -2.51. The Morgan fingerprint density at radius 2 is 2.00 bits per heavy atom. The van der Waals surface area contributed by atoms with Gasteiger partial charge < -0.3 is 10.1 Å². The lowest BCUT2D eigenvalue weighted by Gasteiger charge is -2.43.